The number of hydrogen-bond acceptors (Lipinski definition) is 4. The number of nitrogens with zero attached hydrogens (tertiary/aromatic N) is 1. The predicted octanol–water partition coefficient (Wildman–Crippen LogP) is 3.14. The van der Waals surface area contributed by atoms with E-state index >= 15 is 0 Å². The first-order chi connectivity index (χ1) is 10.3. The zero-order chi connectivity index (χ0) is 14.5. The Morgan fingerprint density at radius 1 is 1.24 bits per heavy atom. The summed E-state index contributed by atoms with van der Waals surface area (Å²) in [5.41, 5.74) is 3.48. The quantitative estimate of drug-likeness (QED) is 0.914. The molecule has 1 heterocycles. The number of ether oxygens (including phenoxy) is 2. The van der Waals surface area contributed by atoms with Gasteiger partial charge in [-0.25, -0.2) is 0 Å². The van der Waals surface area contributed by atoms with E-state index in [0.29, 0.717) is 5.75 Å². The Bertz CT molecular complexity index is 677. The zero-order valence-electron chi connectivity index (χ0n) is 11.6. The number of rotatable bonds is 5. The van der Waals surface area contributed by atoms with Crippen molar-refractivity contribution in [3.63, 3.8) is 0 Å². The lowest BCUT2D eigenvalue weighted by Gasteiger charge is -2.09. The molecule has 0 unspecified atom stereocenters. The van der Waals surface area contributed by atoms with Crippen LogP contribution in [0, 0.1) is 11.3 Å². The van der Waals surface area contributed by atoms with E-state index in [1.54, 1.807) is 0 Å². The maximum Gasteiger partial charge on any atom is 0.174 e. The van der Waals surface area contributed by atoms with Gasteiger partial charge in [-0.2, -0.15) is 5.26 Å². The molecule has 1 N–H and O–H groups in total. The van der Waals surface area contributed by atoms with Crippen molar-refractivity contribution in [3.05, 3.63) is 53.6 Å². The van der Waals surface area contributed by atoms with Crippen LogP contribution in [0.5, 0.6) is 11.5 Å². The molecule has 21 heavy (non-hydrogen) atoms. The fourth-order valence-corrected chi connectivity index (χ4v) is 2.37. The summed E-state index contributed by atoms with van der Waals surface area (Å²) in [4.78, 5) is 0. The van der Waals surface area contributed by atoms with E-state index in [0.717, 1.165) is 31.0 Å². The molecule has 4 heteroatoms. The van der Waals surface area contributed by atoms with E-state index in [2.05, 4.69) is 17.4 Å². The van der Waals surface area contributed by atoms with Crippen LogP contribution in [0.4, 0.5) is 5.69 Å². The van der Waals surface area contributed by atoms with E-state index in [9.17, 15) is 0 Å². The Labute approximate surface area is 123 Å². The largest absolute Gasteiger partial charge is 0.493 e. The molecule has 0 amide bonds. The minimum atomic E-state index is 0.0638. The van der Waals surface area contributed by atoms with Gasteiger partial charge < -0.3 is 14.8 Å². The van der Waals surface area contributed by atoms with E-state index in [1.807, 2.05) is 36.4 Å². The number of nitriles is 1. The molecule has 2 aromatic rings. The molecule has 4 nitrogen and oxygen atoms in total. The summed E-state index contributed by atoms with van der Waals surface area (Å²) >= 11 is 0. The van der Waals surface area contributed by atoms with Gasteiger partial charge in [0, 0.05) is 24.7 Å². The number of fused-ring (bicyclic) bond motifs is 1. The van der Waals surface area contributed by atoms with Gasteiger partial charge in [-0.1, -0.05) is 18.2 Å². The van der Waals surface area contributed by atoms with Crippen molar-refractivity contribution in [1.82, 2.24) is 0 Å². The van der Waals surface area contributed by atoms with Crippen LogP contribution in [0.25, 0.3) is 0 Å². The van der Waals surface area contributed by atoms with Crippen LogP contribution < -0.4 is 14.8 Å². The average Bonchev–Trinajstić information content (AvgIpc) is 2.99. The zero-order valence-corrected chi connectivity index (χ0v) is 11.6. The van der Waals surface area contributed by atoms with Crippen LogP contribution in [0.2, 0.25) is 0 Å². The second kappa shape index (κ2) is 6.19. The fraction of sp³-hybridized carbons (Fsp3) is 0.235. The third-order valence-electron chi connectivity index (χ3n) is 3.39. The molecular weight excluding hydrogens is 264 g/mol. The Balaban J connectivity index is 1.63. The van der Waals surface area contributed by atoms with Gasteiger partial charge in [0.1, 0.15) is 17.6 Å². The molecular formula is C17H16N2O2. The monoisotopic (exact) mass is 280 g/mol. The molecule has 0 spiro atoms. The molecule has 0 aliphatic carbocycles. The fourth-order valence-electron chi connectivity index (χ4n) is 2.37. The van der Waals surface area contributed by atoms with E-state index in [-0.39, 0.29) is 6.61 Å². The molecule has 0 radical (unpaired) electrons. The number of anilines is 1. The standard InChI is InChI=1S/C17H16N2O2/c18-7-9-20-16-3-1-2-15(11-16)19-12-13-4-5-17-14(10-13)6-8-21-17/h1-5,10-11,19H,6,8-9,12H2. The molecule has 106 valence electrons. The lowest BCUT2D eigenvalue weighted by Crippen LogP contribution is -2.00. The predicted molar refractivity (Wildman–Crippen MR) is 80.5 cm³/mol. The molecule has 1 aliphatic rings. The number of hydrogen-bond donors (Lipinski definition) is 1. The summed E-state index contributed by atoms with van der Waals surface area (Å²) in [6.45, 7) is 1.59. The third-order valence-corrected chi connectivity index (χ3v) is 3.39. The Morgan fingerprint density at radius 2 is 2.19 bits per heavy atom. The molecule has 0 aromatic heterocycles. The van der Waals surface area contributed by atoms with Crippen molar-refractivity contribution in [2.24, 2.45) is 0 Å². The van der Waals surface area contributed by atoms with E-state index < -0.39 is 0 Å². The molecule has 0 atom stereocenters. The van der Waals surface area contributed by atoms with Gasteiger partial charge in [0.2, 0.25) is 0 Å². The second-order valence-corrected chi connectivity index (χ2v) is 4.87. The summed E-state index contributed by atoms with van der Waals surface area (Å²) in [5.74, 6) is 1.70. The van der Waals surface area contributed by atoms with Gasteiger partial charge in [0.15, 0.2) is 6.61 Å². The van der Waals surface area contributed by atoms with Crippen LogP contribution >= 0.6 is 0 Å². The molecule has 2 aromatic carbocycles. The average molecular weight is 280 g/mol. The number of nitrogens with one attached hydrogen (secondary N) is 1. The van der Waals surface area contributed by atoms with Crippen LogP contribution in [0.3, 0.4) is 0 Å². The van der Waals surface area contributed by atoms with Gasteiger partial charge in [0.25, 0.3) is 0 Å². The van der Waals surface area contributed by atoms with Crippen molar-refractivity contribution in [2.75, 3.05) is 18.5 Å². The van der Waals surface area contributed by atoms with Crippen LogP contribution in [-0.4, -0.2) is 13.2 Å². The smallest absolute Gasteiger partial charge is 0.174 e. The van der Waals surface area contributed by atoms with Crippen molar-refractivity contribution in [2.45, 2.75) is 13.0 Å². The first-order valence-electron chi connectivity index (χ1n) is 6.93. The van der Waals surface area contributed by atoms with Gasteiger partial charge in [-0.3, -0.25) is 0 Å². The Morgan fingerprint density at radius 3 is 3.10 bits per heavy atom. The molecule has 0 fully saturated rings. The highest BCUT2D eigenvalue weighted by Gasteiger charge is 2.11. The van der Waals surface area contributed by atoms with E-state index in [1.165, 1.54) is 11.1 Å². The topological polar surface area (TPSA) is 54.3 Å². The highest BCUT2D eigenvalue weighted by atomic mass is 16.5. The van der Waals surface area contributed by atoms with Gasteiger partial charge in [-0.15, -0.1) is 0 Å². The van der Waals surface area contributed by atoms with Crippen LogP contribution in [0.15, 0.2) is 42.5 Å². The SMILES string of the molecule is N#CCOc1cccc(NCc2ccc3c(c2)CCO3)c1. The van der Waals surface area contributed by atoms with Gasteiger partial charge in [-0.05, 0) is 29.3 Å². The number of benzene rings is 2. The summed E-state index contributed by atoms with van der Waals surface area (Å²) in [6, 6.07) is 15.9. The van der Waals surface area contributed by atoms with Gasteiger partial charge in [0.05, 0.1) is 6.61 Å². The Kier molecular flexibility index (Phi) is 3.92. The summed E-state index contributed by atoms with van der Waals surface area (Å²) in [7, 11) is 0. The van der Waals surface area contributed by atoms with Crippen molar-refractivity contribution in [1.29, 1.82) is 5.26 Å². The third kappa shape index (κ3) is 3.26. The van der Waals surface area contributed by atoms with Crippen molar-refractivity contribution in [3.8, 4) is 17.6 Å². The highest BCUT2D eigenvalue weighted by Crippen LogP contribution is 2.26. The van der Waals surface area contributed by atoms with Crippen LogP contribution in [0.1, 0.15) is 11.1 Å². The maximum atomic E-state index is 8.52. The normalized spacial score (nSPS) is 12.1. The Hall–Kier alpha value is -2.67. The molecule has 0 saturated heterocycles. The first-order valence-corrected chi connectivity index (χ1v) is 6.93. The van der Waals surface area contributed by atoms with Gasteiger partial charge >= 0.3 is 0 Å². The summed E-state index contributed by atoms with van der Waals surface area (Å²) in [6.07, 6.45) is 0.987. The van der Waals surface area contributed by atoms with Crippen molar-refractivity contribution >= 4 is 5.69 Å². The second-order valence-electron chi connectivity index (χ2n) is 4.87. The maximum absolute atomic E-state index is 8.52. The van der Waals surface area contributed by atoms with Crippen LogP contribution in [-0.2, 0) is 13.0 Å². The van der Waals surface area contributed by atoms with Crippen molar-refractivity contribution < 1.29 is 9.47 Å². The minimum Gasteiger partial charge on any atom is -0.493 e. The highest BCUT2D eigenvalue weighted by molar-refractivity contribution is 5.49. The summed E-state index contributed by atoms with van der Waals surface area (Å²) in [5, 5.41) is 11.9. The molecule has 0 saturated carbocycles. The lowest BCUT2D eigenvalue weighted by molar-refractivity contribution is 0.357. The first kappa shape index (κ1) is 13.3. The minimum absolute atomic E-state index is 0.0638. The molecule has 1 aliphatic heterocycles. The summed E-state index contributed by atoms with van der Waals surface area (Å²) < 4.78 is 10.8. The molecule has 3 rings (SSSR count). The lowest BCUT2D eigenvalue weighted by atomic mass is 10.1. The van der Waals surface area contributed by atoms with E-state index in [4.69, 9.17) is 14.7 Å². The molecule has 0 bridgehead atoms.